The van der Waals surface area contributed by atoms with Crippen molar-refractivity contribution in [2.45, 2.75) is 48.3 Å². The Hall–Kier alpha value is -3.49. The van der Waals surface area contributed by atoms with Gasteiger partial charge in [0.05, 0.1) is 16.9 Å². The molecule has 6 unspecified atom stereocenters. The van der Waals surface area contributed by atoms with Crippen molar-refractivity contribution in [3.8, 4) is 5.75 Å². The second-order valence-corrected chi connectivity index (χ2v) is 15.6. The van der Waals surface area contributed by atoms with Gasteiger partial charge in [-0.1, -0.05) is 33.7 Å². The van der Waals surface area contributed by atoms with Crippen molar-refractivity contribution in [1.29, 1.82) is 0 Å². The van der Waals surface area contributed by atoms with E-state index in [0.29, 0.717) is 37.2 Å². The molecule has 2 aliphatic carbocycles. The number of rotatable bonds is 11. The number of halogens is 2. The topological polar surface area (TPSA) is 146 Å². The summed E-state index contributed by atoms with van der Waals surface area (Å²) >= 11 is 6.32. The number of carbonyl (C=O) groups is 4. The summed E-state index contributed by atoms with van der Waals surface area (Å²) in [4.78, 5) is 69.0. The molecule has 1 aromatic heterocycles. The number of nitrogens with one attached hydrogen (secondary N) is 2. The number of aromatic amines is 1. The lowest BCUT2D eigenvalue weighted by atomic mass is 9.68. The van der Waals surface area contributed by atoms with E-state index in [1.807, 2.05) is 12.1 Å². The zero-order valence-corrected chi connectivity index (χ0v) is 28.2. The molecule has 3 amide bonds. The van der Waals surface area contributed by atoms with Gasteiger partial charge >= 0.3 is 10.8 Å². The number of likely N-dealkylation sites (tertiary alicyclic amines) is 1. The number of fused-ring (bicyclic) bond motifs is 9. The van der Waals surface area contributed by atoms with E-state index in [-0.39, 0.29) is 58.6 Å². The summed E-state index contributed by atoms with van der Waals surface area (Å²) in [6, 6.07) is 11.0. The molecule has 1 saturated heterocycles. The number of anilines is 1. The van der Waals surface area contributed by atoms with Crippen molar-refractivity contribution in [2.24, 2.45) is 29.6 Å². The van der Waals surface area contributed by atoms with Gasteiger partial charge in [-0.25, -0.2) is 4.39 Å². The number of thioether (sulfide) groups is 1. The number of amides is 3. The van der Waals surface area contributed by atoms with Gasteiger partial charge in [0.15, 0.2) is 6.61 Å². The molecule has 0 radical (unpaired) electrons. The van der Waals surface area contributed by atoms with Crippen LogP contribution in [0.3, 0.4) is 0 Å². The van der Waals surface area contributed by atoms with Crippen molar-refractivity contribution >= 4 is 68.4 Å². The van der Waals surface area contributed by atoms with Gasteiger partial charge < -0.3 is 20.1 Å². The fraction of sp³-hybridized carbons (Fsp3) is 0.424. The van der Waals surface area contributed by atoms with E-state index < -0.39 is 29.5 Å². The lowest BCUT2D eigenvalue weighted by Gasteiger charge is -2.43. The Bertz CT molecular complexity index is 1810. The Balaban J connectivity index is 1.16. The number of nitrogens with zero attached hydrogens (tertiary/aromatic N) is 1. The minimum Gasteiger partial charge on any atom is -0.483 e. The number of hydrogen-bond acceptors (Lipinski definition) is 8. The van der Waals surface area contributed by atoms with Gasteiger partial charge in [-0.2, -0.15) is 0 Å². The molecule has 10 nitrogen and oxygen atoms in total. The molecular weight excluding hydrogens is 713 g/mol. The number of carboxylic acid groups (broad SMARTS) is 1. The molecule has 246 valence electrons. The van der Waals surface area contributed by atoms with Crippen molar-refractivity contribution in [2.75, 3.05) is 18.5 Å². The van der Waals surface area contributed by atoms with E-state index in [1.165, 1.54) is 29.2 Å². The zero-order valence-electron chi connectivity index (χ0n) is 24.9. The number of aliphatic carboxylic acids is 1. The Kier molecular flexibility index (Phi) is 8.77. The van der Waals surface area contributed by atoms with Gasteiger partial charge in [-0.3, -0.25) is 28.9 Å². The third-order valence-electron chi connectivity index (χ3n) is 9.88. The quantitative estimate of drug-likeness (QED) is 0.173. The minimum atomic E-state index is -0.860. The number of thiazole rings is 1. The molecule has 47 heavy (non-hydrogen) atoms. The molecule has 7 rings (SSSR count). The summed E-state index contributed by atoms with van der Waals surface area (Å²) in [6.45, 7) is -0.0110. The molecule has 3 N–H and O–H groups in total. The molecule has 3 aromatic rings. The molecule has 2 saturated carbocycles. The molecule has 7 atom stereocenters. The van der Waals surface area contributed by atoms with Crippen LogP contribution in [0.15, 0.2) is 56.8 Å². The van der Waals surface area contributed by atoms with E-state index in [4.69, 9.17) is 9.84 Å². The monoisotopic (exact) mass is 743 g/mol. The van der Waals surface area contributed by atoms with Crippen molar-refractivity contribution in [3.63, 3.8) is 0 Å². The van der Waals surface area contributed by atoms with Crippen LogP contribution in [0.2, 0.25) is 0 Å². The van der Waals surface area contributed by atoms with Crippen molar-refractivity contribution in [3.05, 3.63) is 72.9 Å². The van der Waals surface area contributed by atoms with E-state index in [2.05, 4.69) is 26.2 Å². The van der Waals surface area contributed by atoms with Crippen LogP contribution >= 0.6 is 39.0 Å². The van der Waals surface area contributed by atoms with Crippen LogP contribution in [0.5, 0.6) is 5.75 Å². The number of ether oxygens (including phenoxy) is 1. The van der Waals surface area contributed by atoms with Gasteiger partial charge in [-0.15, -0.1) is 11.8 Å². The highest BCUT2D eigenvalue weighted by atomic mass is 79.9. The van der Waals surface area contributed by atoms with E-state index in [9.17, 15) is 28.4 Å². The number of imide groups is 1. The van der Waals surface area contributed by atoms with Crippen molar-refractivity contribution in [1.82, 2.24) is 9.88 Å². The van der Waals surface area contributed by atoms with Crippen LogP contribution in [0, 0.1) is 35.4 Å². The van der Waals surface area contributed by atoms with Gasteiger partial charge in [0.2, 0.25) is 11.8 Å². The maximum Gasteiger partial charge on any atom is 0.305 e. The highest BCUT2D eigenvalue weighted by Gasteiger charge is 2.69. The smallest absolute Gasteiger partial charge is 0.305 e. The summed E-state index contributed by atoms with van der Waals surface area (Å²) < 4.78 is 20.2. The maximum absolute atomic E-state index is 13.8. The Morgan fingerprint density at radius 1 is 1.04 bits per heavy atom. The van der Waals surface area contributed by atoms with Gasteiger partial charge in [0.25, 0.3) is 5.91 Å². The predicted octanol–water partition coefficient (Wildman–Crippen LogP) is 5.47. The number of hydrogen-bond donors (Lipinski definition) is 3. The van der Waals surface area contributed by atoms with Crippen LogP contribution in [-0.4, -0.2) is 57.1 Å². The first-order chi connectivity index (χ1) is 22.6. The maximum atomic E-state index is 13.8. The highest BCUT2D eigenvalue weighted by Crippen LogP contribution is 2.69. The lowest BCUT2D eigenvalue weighted by molar-refractivity contribution is -0.141. The third kappa shape index (κ3) is 5.92. The Morgan fingerprint density at radius 3 is 2.53 bits per heavy atom. The molecule has 4 aliphatic rings. The summed E-state index contributed by atoms with van der Waals surface area (Å²) in [7, 11) is 0. The van der Waals surface area contributed by atoms with E-state index >= 15 is 0 Å². The van der Waals surface area contributed by atoms with Gasteiger partial charge in [0, 0.05) is 44.7 Å². The molecule has 0 spiro atoms. The molecule has 14 heteroatoms. The van der Waals surface area contributed by atoms with Gasteiger partial charge in [-0.05, 0) is 79.5 Å². The predicted molar refractivity (Wildman–Crippen MR) is 176 cm³/mol. The summed E-state index contributed by atoms with van der Waals surface area (Å²) in [5, 5.41) is 12.4. The molecule has 3 fully saturated rings. The third-order valence-corrected chi connectivity index (χ3v) is 13.0. The average molecular weight is 745 g/mol. The number of H-pyrrole nitrogens is 1. The number of aromatic nitrogens is 1. The first kappa shape index (κ1) is 32.1. The second kappa shape index (κ2) is 12.8. The van der Waals surface area contributed by atoms with Gasteiger partial charge in [0.1, 0.15) is 11.6 Å². The van der Waals surface area contributed by atoms with Crippen LogP contribution < -0.4 is 14.9 Å². The summed E-state index contributed by atoms with van der Waals surface area (Å²) in [6.07, 6.45) is 2.48. The number of unbranched alkanes of at least 4 members (excludes halogenated alkanes) is 2. The molecule has 2 bridgehead atoms. The van der Waals surface area contributed by atoms with Crippen LogP contribution in [0.25, 0.3) is 0 Å². The van der Waals surface area contributed by atoms with E-state index in [0.717, 1.165) is 37.7 Å². The summed E-state index contributed by atoms with van der Waals surface area (Å²) in [5.74, 6) is -2.83. The molecule has 2 aliphatic heterocycles. The largest absolute Gasteiger partial charge is 0.483 e. The second-order valence-electron chi connectivity index (χ2n) is 12.5. The fourth-order valence-corrected chi connectivity index (χ4v) is 11.4. The molecular formula is C33H31BrFN3O7S2. The zero-order chi connectivity index (χ0) is 33.0. The molecule has 3 heterocycles. The SMILES string of the molecule is O=C(O)CCCCCN1C(=O)C2C3CC(C2C1=O)C1C3Sc2[nH]c(=O)sc2[C@@H]1c1cc(Br)ccc1OCC(=O)Nc1ccc(F)cc1. The first-order valence-electron chi connectivity index (χ1n) is 15.5. The van der Waals surface area contributed by atoms with E-state index in [1.54, 1.807) is 17.8 Å². The summed E-state index contributed by atoms with van der Waals surface area (Å²) in [5.41, 5.74) is 1.23. The Morgan fingerprint density at radius 2 is 1.79 bits per heavy atom. The first-order valence-corrected chi connectivity index (χ1v) is 18.0. The Labute approximate surface area is 285 Å². The van der Waals surface area contributed by atoms with Crippen LogP contribution in [0.4, 0.5) is 10.1 Å². The number of benzene rings is 2. The fourth-order valence-electron chi connectivity index (χ4n) is 8.14. The molecule has 2 aromatic carbocycles. The normalized spacial score (nSPS) is 27.0. The standard InChI is InChI=1S/C33H31BrFN3O7S2/c34-15-5-10-21(45-14-22(39)36-17-8-6-16(35)7-9-17)18(12-15)24-25-19-13-20(28(25)46-30-29(24)47-33(44)37-30)27-26(19)31(42)38(32(27)43)11-3-1-2-4-23(40)41/h5-10,12,19-20,24-28H,1-4,11,13-14H2,(H,36,39)(H,37,44)(H,40,41)/t19?,20?,24-,25?,26?,27?,28?/m1/s1. The van der Waals surface area contributed by atoms with Crippen LogP contribution in [-0.2, 0) is 19.2 Å². The lowest BCUT2D eigenvalue weighted by Crippen LogP contribution is -2.42. The number of carbonyl (C=O) groups excluding carboxylic acids is 3. The van der Waals surface area contributed by atoms with Crippen LogP contribution in [0.1, 0.15) is 48.5 Å². The highest BCUT2D eigenvalue weighted by molar-refractivity contribution is 9.10. The number of carboxylic acids is 1. The minimum absolute atomic E-state index is 0.00938. The van der Waals surface area contributed by atoms with Crippen molar-refractivity contribution < 1.29 is 33.4 Å². The average Bonchev–Trinajstić information content (AvgIpc) is 3.77.